The molecule has 0 bridgehead atoms. The highest BCUT2D eigenvalue weighted by Crippen LogP contribution is 2.10. The van der Waals surface area contributed by atoms with Gasteiger partial charge in [-0.3, -0.25) is 4.98 Å². The lowest BCUT2D eigenvalue weighted by atomic mass is 10.0. The Bertz CT molecular complexity index is 334. The van der Waals surface area contributed by atoms with Gasteiger partial charge >= 0.3 is 0 Å². The first-order chi connectivity index (χ1) is 6.13. The Balaban J connectivity index is 2.91. The van der Waals surface area contributed by atoms with Crippen molar-refractivity contribution in [3.05, 3.63) is 29.1 Å². The number of aryl methyl sites for hydroxylation is 1. The molecule has 1 rings (SSSR count). The summed E-state index contributed by atoms with van der Waals surface area (Å²) in [7, 11) is 0. The van der Waals surface area contributed by atoms with Crippen LogP contribution in [-0.4, -0.2) is 4.98 Å². The summed E-state index contributed by atoms with van der Waals surface area (Å²) >= 11 is 0. The lowest BCUT2D eigenvalue weighted by Gasteiger charge is -2.05. The van der Waals surface area contributed by atoms with Crippen molar-refractivity contribution in [3.8, 4) is 6.07 Å². The van der Waals surface area contributed by atoms with Gasteiger partial charge in [0, 0.05) is 11.9 Å². The van der Waals surface area contributed by atoms with E-state index >= 15 is 0 Å². The van der Waals surface area contributed by atoms with Gasteiger partial charge in [-0.1, -0.05) is 13.8 Å². The van der Waals surface area contributed by atoms with Gasteiger partial charge in [0.05, 0.1) is 5.56 Å². The quantitative estimate of drug-likeness (QED) is 0.690. The predicted molar refractivity (Wildman–Crippen MR) is 52.2 cm³/mol. The fraction of sp³-hybridized carbons (Fsp3) is 0.455. The van der Waals surface area contributed by atoms with E-state index < -0.39 is 0 Å². The Morgan fingerprint density at radius 3 is 2.69 bits per heavy atom. The minimum absolute atomic E-state index is 0.611. The number of pyridine rings is 1. The molecule has 1 aromatic heterocycles. The second kappa shape index (κ2) is 4.04. The van der Waals surface area contributed by atoms with E-state index in [-0.39, 0.29) is 0 Å². The summed E-state index contributed by atoms with van der Waals surface area (Å²) in [6, 6.07) is 4.11. The van der Waals surface area contributed by atoms with Gasteiger partial charge in [-0.05, 0) is 30.9 Å². The number of rotatable bonds is 2. The molecule has 0 radical (unpaired) electrons. The third-order valence-corrected chi connectivity index (χ3v) is 1.91. The molecule has 0 saturated carbocycles. The van der Waals surface area contributed by atoms with Crippen LogP contribution in [0.25, 0.3) is 0 Å². The van der Waals surface area contributed by atoms with Crippen molar-refractivity contribution < 1.29 is 0 Å². The highest BCUT2D eigenvalue weighted by atomic mass is 14.7. The normalized spacial score (nSPS) is 10.1. The van der Waals surface area contributed by atoms with E-state index in [1.807, 2.05) is 13.0 Å². The van der Waals surface area contributed by atoms with Crippen molar-refractivity contribution in [2.75, 3.05) is 0 Å². The van der Waals surface area contributed by atoms with Crippen LogP contribution in [0.15, 0.2) is 12.3 Å². The summed E-state index contributed by atoms with van der Waals surface area (Å²) in [5.41, 5.74) is 2.77. The maximum atomic E-state index is 8.70. The molecule has 0 aliphatic heterocycles. The molecule has 2 heteroatoms. The molecular formula is C11H14N2. The molecule has 1 aromatic rings. The second-order valence-electron chi connectivity index (χ2n) is 3.70. The molecule has 1 heterocycles. The average molecular weight is 174 g/mol. The first-order valence-electron chi connectivity index (χ1n) is 4.49. The minimum atomic E-state index is 0.611. The van der Waals surface area contributed by atoms with Crippen LogP contribution in [0.1, 0.15) is 30.7 Å². The maximum absolute atomic E-state index is 8.70. The average Bonchev–Trinajstić information content (AvgIpc) is 2.03. The van der Waals surface area contributed by atoms with Gasteiger partial charge in [0.2, 0.25) is 0 Å². The van der Waals surface area contributed by atoms with E-state index in [2.05, 4.69) is 24.9 Å². The van der Waals surface area contributed by atoms with Crippen LogP contribution < -0.4 is 0 Å². The molecule has 0 atom stereocenters. The highest BCUT2D eigenvalue weighted by Gasteiger charge is 2.02. The Kier molecular flexibility index (Phi) is 3.02. The van der Waals surface area contributed by atoms with Crippen molar-refractivity contribution in [2.45, 2.75) is 27.2 Å². The lowest BCUT2D eigenvalue weighted by molar-refractivity contribution is 0.635. The molecule has 0 spiro atoms. The lowest BCUT2D eigenvalue weighted by Crippen LogP contribution is -1.98. The van der Waals surface area contributed by atoms with E-state index in [4.69, 9.17) is 5.26 Å². The van der Waals surface area contributed by atoms with Crippen molar-refractivity contribution in [1.82, 2.24) is 4.98 Å². The molecule has 0 aliphatic carbocycles. The fourth-order valence-electron chi connectivity index (χ4n) is 1.26. The molecule has 0 unspecified atom stereocenters. The zero-order chi connectivity index (χ0) is 9.84. The molecule has 2 nitrogen and oxygen atoms in total. The fourth-order valence-corrected chi connectivity index (χ4v) is 1.26. The van der Waals surface area contributed by atoms with E-state index in [9.17, 15) is 0 Å². The minimum Gasteiger partial charge on any atom is -0.260 e. The predicted octanol–water partition coefficient (Wildman–Crippen LogP) is 2.46. The number of nitrogens with zero attached hydrogens (tertiary/aromatic N) is 2. The topological polar surface area (TPSA) is 36.7 Å². The zero-order valence-electron chi connectivity index (χ0n) is 8.33. The number of nitriles is 1. The molecule has 0 aliphatic rings. The first kappa shape index (κ1) is 9.73. The van der Waals surface area contributed by atoms with Gasteiger partial charge in [-0.2, -0.15) is 5.26 Å². The van der Waals surface area contributed by atoms with Crippen LogP contribution in [0, 0.1) is 24.2 Å². The molecule has 0 fully saturated rings. The molecule has 0 amide bonds. The number of hydrogen-bond acceptors (Lipinski definition) is 2. The van der Waals surface area contributed by atoms with Crippen LogP contribution in [0.5, 0.6) is 0 Å². The molecule has 0 saturated heterocycles. The van der Waals surface area contributed by atoms with Crippen molar-refractivity contribution >= 4 is 0 Å². The van der Waals surface area contributed by atoms with Gasteiger partial charge in [0.15, 0.2) is 0 Å². The van der Waals surface area contributed by atoms with E-state index in [1.165, 1.54) is 0 Å². The Morgan fingerprint density at radius 2 is 2.23 bits per heavy atom. The van der Waals surface area contributed by atoms with E-state index in [0.29, 0.717) is 11.5 Å². The van der Waals surface area contributed by atoms with Crippen molar-refractivity contribution in [2.24, 2.45) is 5.92 Å². The summed E-state index contributed by atoms with van der Waals surface area (Å²) in [6.45, 7) is 6.27. The van der Waals surface area contributed by atoms with Crippen molar-refractivity contribution in [3.63, 3.8) is 0 Å². The van der Waals surface area contributed by atoms with Crippen LogP contribution in [0.4, 0.5) is 0 Å². The van der Waals surface area contributed by atoms with Gasteiger partial charge in [-0.15, -0.1) is 0 Å². The Labute approximate surface area is 79.2 Å². The molecule has 0 N–H and O–H groups in total. The smallest absolute Gasteiger partial charge is 0.101 e. The largest absolute Gasteiger partial charge is 0.260 e. The standard InChI is InChI=1S/C11H14N2/c1-8(2)4-11-5-9(3)10(6-12)7-13-11/h5,7-8H,4H2,1-3H3. The van der Waals surface area contributed by atoms with Gasteiger partial charge in [0.25, 0.3) is 0 Å². The van der Waals surface area contributed by atoms with Crippen LogP contribution in [-0.2, 0) is 6.42 Å². The molecule has 13 heavy (non-hydrogen) atoms. The summed E-state index contributed by atoms with van der Waals surface area (Å²) in [6.07, 6.45) is 2.64. The second-order valence-corrected chi connectivity index (χ2v) is 3.70. The third-order valence-electron chi connectivity index (χ3n) is 1.91. The van der Waals surface area contributed by atoms with Crippen molar-refractivity contribution in [1.29, 1.82) is 5.26 Å². The van der Waals surface area contributed by atoms with Gasteiger partial charge < -0.3 is 0 Å². The van der Waals surface area contributed by atoms with Crippen LogP contribution in [0.2, 0.25) is 0 Å². The summed E-state index contributed by atoms with van der Waals surface area (Å²) in [5.74, 6) is 0.611. The molecule has 68 valence electrons. The van der Waals surface area contributed by atoms with Crippen LogP contribution in [0.3, 0.4) is 0 Å². The van der Waals surface area contributed by atoms with E-state index in [0.717, 1.165) is 17.7 Å². The maximum Gasteiger partial charge on any atom is 0.101 e. The number of aromatic nitrogens is 1. The van der Waals surface area contributed by atoms with E-state index in [1.54, 1.807) is 6.20 Å². The van der Waals surface area contributed by atoms with Crippen LogP contribution >= 0.6 is 0 Å². The summed E-state index contributed by atoms with van der Waals surface area (Å²) in [5, 5.41) is 8.70. The summed E-state index contributed by atoms with van der Waals surface area (Å²) < 4.78 is 0. The highest BCUT2D eigenvalue weighted by molar-refractivity contribution is 5.35. The Morgan fingerprint density at radius 1 is 1.54 bits per heavy atom. The Hall–Kier alpha value is -1.36. The molecule has 0 aromatic carbocycles. The SMILES string of the molecule is Cc1cc(CC(C)C)ncc1C#N. The third kappa shape index (κ3) is 2.55. The zero-order valence-corrected chi connectivity index (χ0v) is 8.33. The molecular weight excluding hydrogens is 160 g/mol. The van der Waals surface area contributed by atoms with Gasteiger partial charge in [-0.25, -0.2) is 0 Å². The monoisotopic (exact) mass is 174 g/mol. The van der Waals surface area contributed by atoms with Gasteiger partial charge in [0.1, 0.15) is 6.07 Å². The summed E-state index contributed by atoms with van der Waals surface area (Å²) in [4.78, 5) is 4.23. The number of hydrogen-bond donors (Lipinski definition) is 0. The first-order valence-corrected chi connectivity index (χ1v) is 4.49.